The van der Waals surface area contributed by atoms with Gasteiger partial charge in [-0.25, -0.2) is 0 Å². The minimum absolute atomic E-state index is 0.0322. The lowest BCUT2D eigenvalue weighted by molar-refractivity contribution is 0.102. The predicted octanol–water partition coefficient (Wildman–Crippen LogP) is 4.09. The number of halogens is 2. The highest BCUT2D eigenvalue weighted by molar-refractivity contribution is 6.42. The van der Waals surface area contributed by atoms with Gasteiger partial charge in [0.25, 0.3) is 11.5 Å². The Hall–Kier alpha value is -2.30. The van der Waals surface area contributed by atoms with E-state index in [9.17, 15) is 9.59 Å². The van der Waals surface area contributed by atoms with Crippen LogP contribution in [0.2, 0.25) is 10.0 Å². The molecule has 1 aromatic heterocycles. The van der Waals surface area contributed by atoms with Crippen molar-refractivity contribution in [3.63, 3.8) is 0 Å². The van der Waals surface area contributed by atoms with Crippen LogP contribution >= 0.6 is 23.2 Å². The summed E-state index contributed by atoms with van der Waals surface area (Å²) >= 11 is 11.7. The molecular weight excluding hydrogens is 323 g/mol. The Kier molecular flexibility index (Phi) is 3.88. The molecule has 2 N–H and O–H groups in total. The molecule has 0 aliphatic rings. The van der Waals surface area contributed by atoms with Gasteiger partial charge in [-0.05, 0) is 35.7 Å². The van der Waals surface area contributed by atoms with Gasteiger partial charge in [0, 0.05) is 11.2 Å². The van der Waals surface area contributed by atoms with E-state index in [1.54, 1.807) is 24.3 Å². The van der Waals surface area contributed by atoms with Crippen LogP contribution < -0.4 is 10.9 Å². The van der Waals surface area contributed by atoms with Crippen molar-refractivity contribution >= 4 is 45.7 Å². The van der Waals surface area contributed by atoms with Crippen LogP contribution in [0.4, 0.5) is 5.69 Å². The molecule has 1 heterocycles. The quantitative estimate of drug-likeness (QED) is 0.742. The number of rotatable bonds is 2. The fourth-order valence-corrected chi connectivity index (χ4v) is 2.39. The van der Waals surface area contributed by atoms with Crippen molar-refractivity contribution in [2.75, 3.05) is 5.32 Å². The molecule has 0 saturated carbocycles. The van der Waals surface area contributed by atoms with E-state index in [1.807, 2.05) is 18.2 Å². The van der Waals surface area contributed by atoms with E-state index in [4.69, 9.17) is 23.2 Å². The number of carbonyl (C=O) groups is 1. The van der Waals surface area contributed by atoms with Crippen LogP contribution in [-0.4, -0.2) is 10.9 Å². The molecule has 4 nitrogen and oxygen atoms in total. The Balaban J connectivity index is 1.96. The molecule has 3 aromatic rings. The van der Waals surface area contributed by atoms with Gasteiger partial charge >= 0.3 is 0 Å². The van der Waals surface area contributed by atoms with E-state index >= 15 is 0 Å². The second-order valence-electron chi connectivity index (χ2n) is 4.68. The van der Waals surface area contributed by atoms with Gasteiger partial charge in [-0.2, -0.15) is 0 Å². The zero-order valence-electron chi connectivity index (χ0n) is 11.2. The van der Waals surface area contributed by atoms with Gasteiger partial charge in [-0.1, -0.05) is 41.4 Å². The maximum Gasteiger partial charge on any atom is 0.261 e. The number of hydrogen-bond donors (Lipinski definition) is 2. The van der Waals surface area contributed by atoms with Gasteiger partial charge in [-0.3, -0.25) is 9.59 Å². The van der Waals surface area contributed by atoms with Gasteiger partial charge < -0.3 is 10.3 Å². The number of fused-ring (bicyclic) bond motifs is 1. The molecule has 110 valence electrons. The largest absolute Gasteiger partial charge is 0.322 e. The molecule has 0 bridgehead atoms. The van der Waals surface area contributed by atoms with Gasteiger partial charge in [0.15, 0.2) is 0 Å². The molecule has 0 atom stereocenters. The molecule has 3 rings (SSSR count). The fourth-order valence-electron chi connectivity index (χ4n) is 2.09. The highest BCUT2D eigenvalue weighted by Crippen LogP contribution is 2.25. The van der Waals surface area contributed by atoms with Gasteiger partial charge in [-0.15, -0.1) is 0 Å². The number of benzene rings is 2. The lowest BCUT2D eigenvalue weighted by Gasteiger charge is -2.07. The summed E-state index contributed by atoms with van der Waals surface area (Å²) < 4.78 is 0. The van der Waals surface area contributed by atoms with Crippen LogP contribution in [0.1, 0.15) is 10.4 Å². The lowest BCUT2D eigenvalue weighted by Crippen LogP contribution is -2.23. The Bertz CT molecular complexity index is 935. The molecule has 0 aliphatic carbocycles. The average molecular weight is 333 g/mol. The van der Waals surface area contributed by atoms with Crippen molar-refractivity contribution in [3.05, 3.63) is 74.5 Å². The number of hydrogen-bond acceptors (Lipinski definition) is 2. The summed E-state index contributed by atoms with van der Waals surface area (Å²) in [6, 6.07) is 13.5. The summed E-state index contributed by atoms with van der Waals surface area (Å²) in [6.07, 6.45) is 0. The summed E-state index contributed by atoms with van der Waals surface area (Å²) in [5.41, 5.74) is 0.728. The van der Waals surface area contributed by atoms with E-state index in [0.717, 1.165) is 5.39 Å². The minimum Gasteiger partial charge on any atom is -0.322 e. The highest BCUT2D eigenvalue weighted by Gasteiger charge is 2.12. The first-order chi connectivity index (χ1) is 10.5. The fraction of sp³-hybridized carbons (Fsp3) is 0. The van der Waals surface area contributed by atoms with E-state index < -0.39 is 11.5 Å². The van der Waals surface area contributed by atoms with Crippen molar-refractivity contribution in [2.24, 2.45) is 0 Å². The first kappa shape index (κ1) is 14.6. The SMILES string of the molecule is O=C(Nc1ccc(Cl)c(Cl)c1)c1cc2ccccc2[nH]c1=O. The maximum absolute atomic E-state index is 12.3. The third kappa shape index (κ3) is 2.84. The molecule has 6 heteroatoms. The number of aromatic nitrogens is 1. The number of carbonyl (C=O) groups excluding carboxylic acids is 1. The van der Waals surface area contributed by atoms with Crippen molar-refractivity contribution < 1.29 is 4.79 Å². The van der Waals surface area contributed by atoms with E-state index in [1.165, 1.54) is 6.07 Å². The van der Waals surface area contributed by atoms with Gasteiger partial charge in [0.2, 0.25) is 0 Å². The molecule has 2 aromatic carbocycles. The number of pyridine rings is 1. The van der Waals surface area contributed by atoms with Crippen LogP contribution in [0.15, 0.2) is 53.3 Å². The lowest BCUT2D eigenvalue weighted by atomic mass is 10.1. The normalized spacial score (nSPS) is 10.6. The zero-order chi connectivity index (χ0) is 15.7. The Morgan fingerprint density at radius 2 is 1.77 bits per heavy atom. The Labute approximate surface area is 135 Å². The third-order valence-electron chi connectivity index (χ3n) is 3.18. The summed E-state index contributed by atoms with van der Waals surface area (Å²) in [7, 11) is 0. The number of para-hydroxylation sites is 1. The van der Waals surface area contributed by atoms with Crippen LogP contribution in [0, 0.1) is 0 Å². The average Bonchev–Trinajstić information content (AvgIpc) is 2.50. The van der Waals surface area contributed by atoms with Crippen molar-refractivity contribution in [1.29, 1.82) is 0 Å². The van der Waals surface area contributed by atoms with E-state index in [0.29, 0.717) is 21.2 Å². The smallest absolute Gasteiger partial charge is 0.261 e. The van der Waals surface area contributed by atoms with Crippen LogP contribution in [0.25, 0.3) is 10.9 Å². The van der Waals surface area contributed by atoms with Crippen molar-refractivity contribution in [1.82, 2.24) is 4.98 Å². The van der Waals surface area contributed by atoms with Crippen LogP contribution in [0.3, 0.4) is 0 Å². The van der Waals surface area contributed by atoms with Gasteiger partial charge in [0.05, 0.1) is 10.0 Å². The third-order valence-corrected chi connectivity index (χ3v) is 3.91. The standard InChI is InChI=1S/C16H10Cl2N2O2/c17-12-6-5-10(8-13(12)18)19-15(21)11-7-9-3-1-2-4-14(9)20-16(11)22/h1-8H,(H,19,21)(H,20,22). The molecule has 0 saturated heterocycles. The second-order valence-corrected chi connectivity index (χ2v) is 5.50. The molecule has 0 spiro atoms. The first-order valence-electron chi connectivity index (χ1n) is 6.43. The Morgan fingerprint density at radius 3 is 2.55 bits per heavy atom. The summed E-state index contributed by atoms with van der Waals surface area (Å²) in [6.45, 7) is 0. The second kappa shape index (κ2) is 5.83. The topological polar surface area (TPSA) is 62.0 Å². The maximum atomic E-state index is 12.3. The highest BCUT2D eigenvalue weighted by atomic mass is 35.5. The van der Waals surface area contributed by atoms with E-state index in [-0.39, 0.29) is 5.56 Å². The molecule has 0 aliphatic heterocycles. The molecule has 0 unspecified atom stereocenters. The first-order valence-corrected chi connectivity index (χ1v) is 7.18. The number of aromatic amines is 1. The molecule has 0 fully saturated rings. The summed E-state index contributed by atoms with van der Waals surface area (Å²) in [4.78, 5) is 27.0. The zero-order valence-corrected chi connectivity index (χ0v) is 12.7. The Morgan fingerprint density at radius 1 is 1.00 bits per heavy atom. The van der Waals surface area contributed by atoms with Crippen molar-refractivity contribution in [3.8, 4) is 0 Å². The van der Waals surface area contributed by atoms with E-state index in [2.05, 4.69) is 10.3 Å². The number of anilines is 1. The number of nitrogens with one attached hydrogen (secondary N) is 2. The summed E-state index contributed by atoms with van der Waals surface area (Å²) in [5, 5.41) is 4.13. The monoisotopic (exact) mass is 332 g/mol. The predicted molar refractivity (Wildman–Crippen MR) is 89.0 cm³/mol. The van der Waals surface area contributed by atoms with Crippen LogP contribution in [-0.2, 0) is 0 Å². The van der Waals surface area contributed by atoms with Crippen molar-refractivity contribution in [2.45, 2.75) is 0 Å². The molecule has 1 amide bonds. The number of amides is 1. The minimum atomic E-state index is -0.509. The molecule has 0 radical (unpaired) electrons. The van der Waals surface area contributed by atoms with Crippen LogP contribution in [0.5, 0.6) is 0 Å². The number of H-pyrrole nitrogens is 1. The summed E-state index contributed by atoms with van der Waals surface area (Å²) in [5.74, 6) is -0.509. The molecule has 22 heavy (non-hydrogen) atoms. The molecular formula is C16H10Cl2N2O2. The van der Waals surface area contributed by atoms with Gasteiger partial charge in [0.1, 0.15) is 5.56 Å².